The van der Waals surface area contributed by atoms with Crippen molar-refractivity contribution >= 4 is 0 Å². The third kappa shape index (κ3) is 2.90. The van der Waals surface area contributed by atoms with Crippen LogP contribution in [0.2, 0.25) is 0 Å². The van der Waals surface area contributed by atoms with Gasteiger partial charge in [0.25, 0.3) is 0 Å². The lowest BCUT2D eigenvalue weighted by molar-refractivity contribution is 0.416. The number of hydrogen-bond donors (Lipinski definition) is 1. The lowest BCUT2D eigenvalue weighted by Gasteiger charge is -2.20. The standard InChI is InChI=1S/C17H20O2/c1-17(2,3)13-9-12(10-14(18)11-13)15-7-5-6-8-16(15)19-4/h5-11,18H,1-4H3. The van der Waals surface area contributed by atoms with Gasteiger partial charge in [0.1, 0.15) is 11.5 Å². The minimum atomic E-state index is -0.00446. The number of methoxy groups -OCH3 is 1. The summed E-state index contributed by atoms with van der Waals surface area (Å²) in [6.07, 6.45) is 0. The second kappa shape index (κ2) is 4.96. The van der Waals surface area contributed by atoms with Crippen LogP contribution in [0.25, 0.3) is 11.1 Å². The number of para-hydroxylation sites is 1. The Morgan fingerprint density at radius 2 is 1.68 bits per heavy atom. The first-order valence-electron chi connectivity index (χ1n) is 6.40. The third-order valence-corrected chi connectivity index (χ3v) is 3.20. The van der Waals surface area contributed by atoms with Gasteiger partial charge < -0.3 is 9.84 Å². The maximum Gasteiger partial charge on any atom is 0.126 e. The molecule has 0 heterocycles. The van der Waals surface area contributed by atoms with Crippen LogP contribution in [0.1, 0.15) is 26.3 Å². The molecule has 2 nitrogen and oxygen atoms in total. The second-order valence-electron chi connectivity index (χ2n) is 5.72. The van der Waals surface area contributed by atoms with Gasteiger partial charge in [-0.1, -0.05) is 45.0 Å². The van der Waals surface area contributed by atoms with E-state index in [0.29, 0.717) is 0 Å². The Labute approximate surface area is 114 Å². The molecule has 0 aromatic heterocycles. The molecule has 2 heteroatoms. The van der Waals surface area contributed by atoms with Gasteiger partial charge in [-0.15, -0.1) is 0 Å². The lowest BCUT2D eigenvalue weighted by atomic mass is 9.85. The van der Waals surface area contributed by atoms with Crippen LogP contribution in [0, 0.1) is 0 Å². The van der Waals surface area contributed by atoms with Gasteiger partial charge in [0.15, 0.2) is 0 Å². The summed E-state index contributed by atoms with van der Waals surface area (Å²) in [4.78, 5) is 0. The average Bonchev–Trinajstić information content (AvgIpc) is 2.37. The first-order valence-corrected chi connectivity index (χ1v) is 6.40. The molecule has 2 aromatic rings. The van der Waals surface area contributed by atoms with E-state index in [9.17, 15) is 5.11 Å². The lowest BCUT2D eigenvalue weighted by Crippen LogP contribution is -2.10. The first-order chi connectivity index (χ1) is 8.91. The fraction of sp³-hybridized carbons (Fsp3) is 0.294. The molecule has 0 unspecified atom stereocenters. The van der Waals surface area contributed by atoms with Crippen molar-refractivity contribution in [1.29, 1.82) is 0 Å². The maximum absolute atomic E-state index is 9.94. The van der Waals surface area contributed by atoms with Crippen LogP contribution in [0.5, 0.6) is 11.5 Å². The van der Waals surface area contributed by atoms with Crippen molar-refractivity contribution in [1.82, 2.24) is 0 Å². The molecule has 0 spiro atoms. The van der Waals surface area contributed by atoms with Crippen LogP contribution in [0.15, 0.2) is 42.5 Å². The van der Waals surface area contributed by atoms with E-state index in [1.807, 2.05) is 30.3 Å². The van der Waals surface area contributed by atoms with E-state index in [1.54, 1.807) is 13.2 Å². The van der Waals surface area contributed by atoms with Gasteiger partial charge in [0.2, 0.25) is 0 Å². The van der Waals surface area contributed by atoms with Gasteiger partial charge in [-0.3, -0.25) is 0 Å². The van der Waals surface area contributed by atoms with E-state index < -0.39 is 0 Å². The summed E-state index contributed by atoms with van der Waals surface area (Å²) in [5.41, 5.74) is 3.07. The molecule has 0 radical (unpaired) electrons. The molecular formula is C17H20O2. The Kier molecular flexibility index (Phi) is 3.52. The summed E-state index contributed by atoms with van der Waals surface area (Å²) in [6.45, 7) is 6.40. The summed E-state index contributed by atoms with van der Waals surface area (Å²) < 4.78 is 5.38. The van der Waals surface area contributed by atoms with Crippen molar-refractivity contribution in [2.45, 2.75) is 26.2 Å². The summed E-state index contributed by atoms with van der Waals surface area (Å²) in [6, 6.07) is 13.5. The van der Waals surface area contributed by atoms with Crippen LogP contribution >= 0.6 is 0 Å². The molecule has 0 aliphatic heterocycles. The van der Waals surface area contributed by atoms with Gasteiger partial charge in [-0.25, -0.2) is 0 Å². The highest BCUT2D eigenvalue weighted by molar-refractivity contribution is 5.72. The van der Waals surface area contributed by atoms with Gasteiger partial charge in [0, 0.05) is 5.56 Å². The van der Waals surface area contributed by atoms with Crippen molar-refractivity contribution < 1.29 is 9.84 Å². The molecule has 0 saturated heterocycles. The van der Waals surface area contributed by atoms with Gasteiger partial charge >= 0.3 is 0 Å². The van der Waals surface area contributed by atoms with E-state index in [4.69, 9.17) is 4.74 Å². The predicted octanol–water partition coefficient (Wildman–Crippen LogP) is 4.37. The number of phenolic OH excluding ortho intramolecular Hbond substituents is 1. The molecule has 2 aromatic carbocycles. The zero-order valence-electron chi connectivity index (χ0n) is 11.9. The van der Waals surface area contributed by atoms with Crippen molar-refractivity contribution in [3.63, 3.8) is 0 Å². The molecule has 0 saturated carbocycles. The predicted molar refractivity (Wildman–Crippen MR) is 78.8 cm³/mol. The van der Waals surface area contributed by atoms with Crippen molar-refractivity contribution in [3.8, 4) is 22.6 Å². The average molecular weight is 256 g/mol. The molecule has 0 aliphatic carbocycles. The summed E-state index contributed by atoms with van der Waals surface area (Å²) in [5, 5.41) is 9.94. The Bertz CT molecular complexity index is 580. The Morgan fingerprint density at radius 1 is 1.00 bits per heavy atom. The van der Waals surface area contributed by atoms with Crippen LogP contribution in [0.4, 0.5) is 0 Å². The zero-order chi connectivity index (χ0) is 14.0. The number of phenols is 1. The molecule has 100 valence electrons. The SMILES string of the molecule is COc1ccccc1-c1cc(O)cc(C(C)(C)C)c1. The quantitative estimate of drug-likeness (QED) is 0.864. The van der Waals surface area contributed by atoms with Crippen molar-refractivity contribution in [3.05, 3.63) is 48.0 Å². The highest BCUT2D eigenvalue weighted by atomic mass is 16.5. The van der Waals surface area contributed by atoms with Crippen LogP contribution in [-0.4, -0.2) is 12.2 Å². The number of rotatable bonds is 2. The summed E-state index contributed by atoms with van der Waals surface area (Å²) in [5.74, 6) is 1.10. The van der Waals surface area contributed by atoms with Crippen LogP contribution in [-0.2, 0) is 5.41 Å². The normalized spacial score (nSPS) is 11.4. The van der Waals surface area contributed by atoms with Crippen LogP contribution in [0.3, 0.4) is 0 Å². The molecule has 0 bridgehead atoms. The van der Waals surface area contributed by atoms with Gasteiger partial charge in [0.05, 0.1) is 7.11 Å². The van der Waals surface area contributed by atoms with Crippen molar-refractivity contribution in [2.75, 3.05) is 7.11 Å². The van der Waals surface area contributed by atoms with Gasteiger partial charge in [-0.2, -0.15) is 0 Å². The van der Waals surface area contributed by atoms with E-state index >= 15 is 0 Å². The highest BCUT2D eigenvalue weighted by Gasteiger charge is 2.16. The minimum absolute atomic E-state index is 0.00446. The summed E-state index contributed by atoms with van der Waals surface area (Å²) >= 11 is 0. The first kappa shape index (κ1) is 13.5. The highest BCUT2D eigenvalue weighted by Crippen LogP contribution is 2.35. The monoisotopic (exact) mass is 256 g/mol. The van der Waals surface area contributed by atoms with Crippen LogP contribution < -0.4 is 4.74 Å². The molecule has 0 fully saturated rings. The molecule has 19 heavy (non-hydrogen) atoms. The second-order valence-corrected chi connectivity index (χ2v) is 5.72. The van der Waals surface area contributed by atoms with E-state index in [-0.39, 0.29) is 11.2 Å². The number of ether oxygens (including phenoxy) is 1. The molecular weight excluding hydrogens is 236 g/mol. The fourth-order valence-corrected chi connectivity index (χ4v) is 2.08. The van der Waals surface area contributed by atoms with E-state index in [2.05, 4.69) is 26.8 Å². The Morgan fingerprint density at radius 3 is 2.32 bits per heavy atom. The Hall–Kier alpha value is -1.96. The molecule has 0 amide bonds. The topological polar surface area (TPSA) is 29.5 Å². The summed E-state index contributed by atoms with van der Waals surface area (Å²) in [7, 11) is 1.66. The number of hydrogen-bond acceptors (Lipinski definition) is 2. The fourth-order valence-electron chi connectivity index (χ4n) is 2.08. The van der Waals surface area contributed by atoms with Crippen molar-refractivity contribution in [2.24, 2.45) is 0 Å². The molecule has 2 rings (SSSR count). The molecule has 1 N–H and O–H groups in total. The zero-order valence-corrected chi connectivity index (χ0v) is 11.9. The van der Waals surface area contributed by atoms with E-state index in [1.165, 1.54) is 0 Å². The Balaban J connectivity index is 2.60. The number of aromatic hydroxyl groups is 1. The number of benzene rings is 2. The van der Waals surface area contributed by atoms with E-state index in [0.717, 1.165) is 22.4 Å². The molecule has 0 atom stereocenters. The minimum Gasteiger partial charge on any atom is -0.508 e. The van der Waals surface area contributed by atoms with Gasteiger partial charge in [-0.05, 0) is 34.7 Å². The smallest absolute Gasteiger partial charge is 0.126 e. The molecule has 0 aliphatic rings. The maximum atomic E-state index is 9.94. The largest absolute Gasteiger partial charge is 0.508 e. The third-order valence-electron chi connectivity index (χ3n) is 3.20.